The first-order valence-corrected chi connectivity index (χ1v) is 17.5. The standard InChI is InChI=1S/C35H63N5O7/c1-21(2)14-11-12-16-35(9,10)17-13-15-26-19-28(41)36-20-29(42)40-30(23(5)6)33(45)39-27(18-22(3)4)32(44)37-24(7)31(43)38-25(8)34(46)47-26/h21-27,30H,11-20H2,1-10H3,(H,36,41)(H,37,44)(H,38,43)(H,39,45)(H,40,42). The minimum Gasteiger partial charge on any atom is -0.460 e. The first kappa shape index (κ1) is 41.8. The summed E-state index contributed by atoms with van der Waals surface area (Å²) in [5.74, 6) is -3.08. The van der Waals surface area contributed by atoms with Crippen LogP contribution in [0.4, 0.5) is 0 Å². The fraction of sp³-hybridized carbons (Fsp3) is 0.829. The van der Waals surface area contributed by atoms with E-state index in [2.05, 4.69) is 54.3 Å². The molecule has 0 saturated carbocycles. The van der Waals surface area contributed by atoms with Crippen molar-refractivity contribution in [1.82, 2.24) is 26.6 Å². The van der Waals surface area contributed by atoms with Gasteiger partial charge in [0, 0.05) is 0 Å². The normalized spacial score (nSPS) is 24.8. The number of hydrogen-bond acceptors (Lipinski definition) is 7. The van der Waals surface area contributed by atoms with Crippen LogP contribution in [0.3, 0.4) is 0 Å². The second kappa shape index (κ2) is 20.2. The summed E-state index contributed by atoms with van der Waals surface area (Å²) in [6, 6.07) is -3.99. The van der Waals surface area contributed by atoms with Gasteiger partial charge in [-0.15, -0.1) is 0 Å². The summed E-state index contributed by atoms with van der Waals surface area (Å²) in [7, 11) is 0. The number of carbonyl (C=O) groups excluding carboxylic acids is 6. The number of carbonyl (C=O) groups is 6. The number of ether oxygens (including phenoxy) is 1. The van der Waals surface area contributed by atoms with Gasteiger partial charge in [-0.3, -0.25) is 24.0 Å². The first-order valence-electron chi connectivity index (χ1n) is 17.5. The Bertz CT molecular complexity index is 1060. The maximum absolute atomic E-state index is 13.3. The van der Waals surface area contributed by atoms with Crippen LogP contribution in [0, 0.1) is 23.2 Å². The van der Waals surface area contributed by atoms with Crippen molar-refractivity contribution in [2.24, 2.45) is 23.2 Å². The topological polar surface area (TPSA) is 172 Å². The third kappa shape index (κ3) is 17.0. The average molecular weight is 666 g/mol. The van der Waals surface area contributed by atoms with Gasteiger partial charge < -0.3 is 31.3 Å². The second-order valence-corrected chi connectivity index (χ2v) is 15.2. The van der Waals surface area contributed by atoms with Crippen LogP contribution in [0.2, 0.25) is 0 Å². The third-order valence-electron chi connectivity index (χ3n) is 8.48. The van der Waals surface area contributed by atoms with Crippen molar-refractivity contribution in [1.29, 1.82) is 0 Å². The van der Waals surface area contributed by atoms with Crippen molar-refractivity contribution in [3.63, 3.8) is 0 Å². The number of unbranched alkanes of at least 4 members (excludes halogenated alkanes) is 1. The molecule has 1 aliphatic heterocycles. The highest BCUT2D eigenvalue weighted by atomic mass is 16.5. The lowest BCUT2D eigenvalue weighted by Gasteiger charge is -2.27. The smallest absolute Gasteiger partial charge is 0.328 e. The SMILES string of the molecule is CC(C)CCCCC(C)(C)CCCC1CC(=O)NCC(=O)NC(C(C)C)C(=O)NC(CC(C)C)C(=O)NC(C)C(=O)NC(C)C(=O)O1. The molecule has 47 heavy (non-hydrogen) atoms. The van der Waals surface area contributed by atoms with Crippen LogP contribution < -0.4 is 26.6 Å². The van der Waals surface area contributed by atoms with Crippen LogP contribution in [-0.2, 0) is 33.5 Å². The summed E-state index contributed by atoms with van der Waals surface area (Å²) in [4.78, 5) is 78.2. The Morgan fingerprint density at radius 2 is 1.34 bits per heavy atom. The molecule has 5 unspecified atom stereocenters. The molecule has 5 amide bonds. The van der Waals surface area contributed by atoms with E-state index in [-0.39, 0.29) is 30.2 Å². The van der Waals surface area contributed by atoms with Crippen molar-refractivity contribution < 1.29 is 33.5 Å². The molecule has 0 aromatic heterocycles. The molecule has 0 radical (unpaired) electrons. The molecular weight excluding hydrogens is 602 g/mol. The van der Waals surface area contributed by atoms with Gasteiger partial charge >= 0.3 is 5.97 Å². The third-order valence-corrected chi connectivity index (χ3v) is 8.48. The Morgan fingerprint density at radius 3 is 1.94 bits per heavy atom. The molecule has 0 aliphatic carbocycles. The molecular formula is C35H63N5O7. The zero-order chi connectivity index (χ0) is 35.9. The summed E-state index contributed by atoms with van der Waals surface area (Å²) in [5, 5.41) is 13.2. The number of cyclic esters (lactones) is 1. The molecule has 0 spiro atoms. The van der Waals surface area contributed by atoms with Crippen LogP contribution in [-0.4, -0.2) is 72.3 Å². The monoisotopic (exact) mass is 665 g/mol. The Kier molecular flexibility index (Phi) is 18.0. The number of nitrogens with one attached hydrogen (secondary N) is 5. The largest absolute Gasteiger partial charge is 0.460 e. The molecule has 12 heteroatoms. The molecule has 5 N–H and O–H groups in total. The Labute approximate surface area is 282 Å². The number of esters is 1. The van der Waals surface area contributed by atoms with Crippen molar-refractivity contribution >= 4 is 35.5 Å². The van der Waals surface area contributed by atoms with Gasteiger partial charge in [-0.05, 0) is 69.1 Å². The lowest BCUT2D eigenvalue weighted by molar-refractivity contribution is -0.154. The minimum absolute atomic E-state index is 0.0302. The maximum Gasteiger partial charge on any atom is 0.328 e. The number of rotatable bonds is 12. The van der Waals surface area contributed by atoms with Gasteiger partial charge in [-0.1, -0.05) is 74.7 Å². The summed E-state index contributed by atoms with van der Waals surface area (Å²) in [5.41, 5.74) is 0.0881. The van der Waals surface area contributed by atoms with Crippen molar-refractivity contribution in [2.75, 3.05) is 6.54 Å². The van der Waals surface area contributed by atoms with E-state index in [1.807, 2.05) is 13.8 Å². The van der Waals surface area contributed by atoms with Gasteiger partial charge in [0.1, 0.15) is 30.3 Å². The summed E-state index contributed by atoms with van der Waals surface area (Å²) in [6.45, 7) is 18.8. The molecule has 0 aromatic rings. The van der Waals surface area contributed by atoms with Gasteiger partial charge in [0.05, 0.1) is 13.0 Å². The van der Waals surface area contributed by atoms with E-state index in [1.165, 1.54) is 26.7 Å². The fourth-order valence-electron chi connectivity index (χ4n) is 5.52. The molecule has 5 atom stereocenters. The van der Waals surface area contributed by atoms with E-state index in [4.69, 9.17) is 4.74 Å². The molecule has 270 valence electrons. The van der Waals surface area contributed by atoms with Crippen LogP contribution in [0.5, 0.6) is 0 Å². The highest BCUT2D eigenvalue weighted by Gasteiger charge is 2.32. The van der Waals surface area contributed by atoms with Gasteiger partial charge in [-0.2, -0.15) is 0 Å². The first-order chi connectivity index (χ1) is 21.8. The predicted molar refractivity (Wildman–Crippen MR) is 182 cm³/mol. The zero-order valence-electron chi connectivity index (χ0n) is 30.5. The van der Waals surface area contributed by atoms with E-state index in [0.29, 0.717) is 18.8 Å². The molecule has 12 nitrogen and oxygen atoms in total. The van der Waals surface area contributed by atoms with Crippen LogP contribution in [0.1, 0.15) is 127 Å². The molecule has 1 aliphatic rings. The Hall–Kier alpha value is -3.18. The fourth-order valence-corrected chi connectivity index (χ4v) is 5.52. The van der Waals surface area contributed by atoms with Gasteiger partial charge in [0.2, 0.25) is 29.5 Å². The summed E-state index contributed by atoms with van der Waals surface area (Å²) in [6.07, 6.45) is 5.99. The van der Waals surface area contributed by atoms with Gasteiger partial charge in [0.15, 0.2) is 0 Å². The molecule has 1 heterocycles. The average Bonchev–Trinajstić information content (AvgIpc) is 2.95. The van der Waals surface area contributed by atoms with Crippen molar-refractivity contribution in [2.45, 2.75) is 157 Å². The second-order valence-electron chi connectivity index (χ2n) is 15.2. The molecule has 0 bridgehead atoms. The summed E-state index contributed by atoms with van der Waals surface area (Å²) < 4.78 is 5.74. The molecule has 1 fully saturated rings. The number of hydrogen-bond donors (Lipinski definition) is 5. The summed E-state index contributed by atoms with van der Waals surface area (Å²) >= 11 is 0. The van der Waals surface area contributed by atoms with Crippen LogP contribution in [0.15, 0.2) is 0 Å². The molecule has 0 aromatic carbocycles. The lowest BCUT2D eigenvalue weighted by Crippen LogP contribution is -2.58. The van der Waals surface area contributed by atoms with E-state index >= 15 is 0 Å². The van der Waals surface area contributed by atoms with E-state index in [9.17, 15) is 28.8 Å². The zero-order valence-corrected chi connectivity index (χ0v) is 30.5. The maximum atomic E-state index is 13.3. The number of amides is 5. The van der Waals surface area contributed by atoms with Crippen molar-refractivity contribution in [3.05, 3.63) is 0 Å². The Balaban J connectivity index is 3.14. The van der Waals surface area contributed by atoms with Crippen LogP contribution >= 0.6 is 0 Å². The minimum atomic E-state index is -1.05. The van der Waals surface area contributed by atoms with Crippen LogP contribution in [0.25, 0.3) is 0 Å². The highest BCUT2D eigenvalue weighted by Crippen LogP contribution is 2.31. The van der Waals surface area contributed by atoms with Gasteiger partial charge in [-0.25, -0.2) is 4.79 Å². The quantitative estimate of drug-likeness (QED) is 0.157. The predicted octanol–water partition coefficient (Wildman–Crippen LogP) is 3.51. The van der Waals surface area contributed by atoms with E-state index in [0.717, 1.165) is 25.7 Å². The van der Waals surface area contributed by atoms with E-state index < -0.39 is 65.8 Å². The van der Waals surface area contributed by atoms with Crippen molar-refractivity contribution in [3.8, 4) is 0 Å². The lowest BCUT2D eigenvalue weighted by atomic mass is 9.81. The van der Waals surface area contributed by atoms with E-state index in [1.54, 1.807) is 13.8 Å². The van der Waals surface area contributed by atoms with Gasteiger partial charge in [0.25, 0.3) is 0 Å². The molecule has 1 rings (SSSR count). The highest BCUT2D eigenvalue weighted by molar-refractivity contribution is 5.95. The molecule has 1 saturated heterocycles. The Morgan fingerprint density at radius 1 is 0.723 bits per heavy atom.